The summed E-state index contributed by atoms with van der Waals surface area (Å²) in [6, 6.07) is 8.12. The average molecular weight is 259 g/mol. The molecular formula is C15H21N3O. The highest BCUT2D eigenvalue weighted by atomic mass is 16.5. The highest BCUT2D eigenvalue weighted by Crippen LogP contribution is 2.24. The number of aromatic nitrogens is 1. The number of hydrogen-bond acceptors (Lipinski definition) is 4. The molecule has 2 rings (SSSR count). The number of methoxy groups -OCH3 is 1. The summed E-state index contributed by atoms with van der Waals surface area (Å²) in [6.07, 6.45) is 4.00. The van der Waals surface area contributed by atoms with Crippen LogP contribution in [0.25, 0.3) is 10.9 Å². The quantitative estimate of drug-likeness (QED) is 0.783. The number of nitrogens with two attached hydrogens (primary N) is 1. The molecule has 0 spiro atoms. The number of benzene rings is 1. The molecule has 1 aromatic carbocycles. The van der Waals surface area contributed by atoms with Crippen LogP contribution >= 0.6 is 0 Å². The van der Waals surface area contributed by atoms with Crippen molar-refractivity contribution in [1.82, 2.24) is 4.98 Å². The maximum absolute atomic E-state index is 5.79. The van der Waals surface area contributed by atoms with Crippen molar-refractivity contribution >= 4 is 22.3 Å². The Labute approximate surface area is 114 Å². The first-order valence-electron chi connectivity index (χ1n) is 6.64. The van der Waals surface area contributed by atoms with Gasteiger partial charge in [-0.3, -0.25) is 4.98 Å². The molecule has 0 bridgehead atoms. The van der Waals surface area contributed by atoms with Gasteiger partial charge in [0.05, 0.1) is 12.1 Å². The van der Waals surface area contributed by atoms with E-state index in [-0.39, 0.29) is 0 Å². The SMILES string of the molecule is CCCC(COC)Nc1ccnc2cc(N)ccc12. The summed E-state index contributed by atoms with van der Waals surface area (Å²) in [6.45, 7) is 2.88. The van der Waals surface area contributed by atoms with Crippen LogP contribution in [-0.4, -0.2) is 24.7 Å². The van der Waals surface area contributed by atoms with Crippen LogP contribution in [0.4, 0.5) is 11.4 Å². The first-order valence-corrected chi connectivity index (χ1v) is 6.64. The zero-order chi connectivity index (χ0) is 13.7. The van der Waals surface area contributed by atoms with E-state index in [0.29, 0.717) is 12.6 Å². The first-order chi connectivity index (χ1) is 9.24. The molecule has 19 heavy (non-hydrogen) atoms. The Hall–Kier alpha value is -1.81. The summed E-state index contributed by atoms with van der Waals surface area (Å²) >= 11 is 0. The van der Waals surface area contributed by atoms with E-state index in [4.69, 9.17) is 10.5 Å². The topological polar surface area (TPSA) is 60.2 Å². The van der Waals surface area contributed by atoms with Crippen molar-refractivity contribution in [2.45, 2.75) is 25.8 Å². The molecule has 4 nitrogen and oxygen atoms in total. The molecule has 1 aromatic heterocycles. The number of ether oxygens (including phenoxy) is 1. The Bertz CT molecular complexity index is 536. The molecule has 0 fully saturated rings. The molecule has 0 saturated heterocycles. The monoisotopic (exact) mass is 259 g/mol. The van der Waals surface area contributed by atoms with E-state index in [0.717, 1.165) is 35.1 Å². The number of fused-ring (bicyclic) bond motifs is 1. The van der Waals surface area contributed by atoms with Gasteiger partial charge >= 0.3 is 0 Å². The zero-order valence-corrected chi connectivity index (χ0v) is 11.5. The fraction of sp³-hybridized carbons (Fsp3) is 0.400. The summed E-state index contributed by atoms with van der Waals surface area (Å²) in [5, 5.41) is 4.63. The Balaban J connectivity index is 2.28. The maximum atomic E-state index is 5.79. The summed E-state index contributed by atoms with van der Waals surface area (Å²) in [5.41, 5.74) is 8.52. The van der Waals surface area contributed by atoms with Gasteiger partial charge in [0, 0.05) is 36.1 Å². The summed E-state index contributed by atoms with van der Waals surface area (Å²) < 4.78 is 5.26. The van der Waals surface area contributed by atoms with Crippen molar-refractivity contribution < 1.29 is 4.74 Å². The zero-order valence-electron chi connectivity index (χ0n) is 11.5. The molecule has 0 aliphatic carbocycles. The number of nitrogen functional groups attached to an aromatic ring is 1. The molecule has 1 heterocycles. The number of pyridine rings is 1. The lowest BCUT2D eigenvalue weighted by molar-refractivity contribution is 0.182. The molecule has 0 saturated carbocycles. The van der Waals surface area contributed by atoms with E-state index in [1.54, 1.807) is 13.3 Å². The molecule has 0 radical (unpaired) electrons. The third kappa shape index (κ3) is 3.35. The van der Waals surface area contributed by atoms with Crippen molar-refractivity contribution in [2.24, 2.45) is 0 Å². The van der Waals surface area contributed by atoms with Crippen molar-refractivity contribution in [1.29, 1.82) is 0 Å². The molecule has 0 amide bonds. The van der Waals surface area contributed by atoms with Crippen LogP contribution in [0.2, 0.25) is 0 Å². The molecule has 1 atom stereocenters. The van der Waals surface area contributed by atoms with E-state index in [1.165, 1.54) is 0 Å². The average Bonchev–Trinajstić information content (AvgIpc) is 2.39. The molecule has 0 aliphatic rings. The van der Waals surface area contributed by atoms with Gasteiger partial charge in [-0.25, -0.2) is 0 Å². The smallest absolute Gasteiger partial charge is 0.0743 e. The minimum Gasteiger partial charge on any atom is -0.399 e. The van der Waals surface area contributed by atoms with Gasteiger partial charge < -0.3 is 15.8 Å². The molecule has 102 valence electrons. The van der Waals surface area contributed by atoms with Gasteiger partial charge in [-0.05, 0) is 30.7 Å². The molecule has 4 heteroatoms. The van der Waals surface area contributed by atoms with Crippen LogP contribution in [0.3, 0.4) is 0 Å². The number of nitrogens with one attached hydrogen (secondary N) is 1. The molecule has 1 unspecified atom stereocenters. The van der Waals surface area contributed by atoms with Crippen molar-refractivity contribution in [3.8, 4) is 0 Å². The van der Waals surface area contributed by atoms with Crippen LogP contribution in [0.5, 0.6) is 0 Å². The second kappa shape index (κ2) is 6.38. The molecule has 3 N–H and O–H groups in total. The van der Waals surface area contributed by atoms with Gasteiger partial charge in [-0.2, -0.15) is 0 Å². The van der Waals surface area contributed by atoms with Crippen LogP contribution in [0.15, 0.2) is 30.5 Å². The Morgan fingerprint density at radius 2 is 2.21 bits per heavy atom. The lowest BCUT2D eigenvalue weighted by Gasteiger charge is -2.19. The number of anilines is 2. The highest BCUT2D eigenvalue weighted by molar-refractivity contribution is 5.92. The van der Waals surface area contributed by atoms with Crippen molar-refractivity contribution in [2.75, 3.05) is 24.8 Å². The first kappa shape index (κ1) is 13.6. The van der Waals surface area contributed by atoms with E-state index in [2.05, 4.69) is 17.2 Å². The maximum Gasteiger partial charge on any atom is 0.0743 e. The predicted octanol–water partition coefficient (Wildman–Crippen LogP) is 3.04. The largest absolute Gasteiger partial charge is 0.399 e. The Kier molecular flexibility index (Phi) is 4.58. The Morgan fingerprint density at radius 1 is 1.37 bits per heavy atom. The van der Waals surface area contributed by atoms with E-state index in [1.807, 2.05) is 24.3 Å². The third-order valence-electron chi connectivity index (χ3n) is 3.13. The van der Waals surface area contributed by atoms with Gasteiger partial charge in [0.25, 0.3) is 0 Å². The number of nitrogens with zero attached hydrogens (tertiary/aromatic N) is 1. The third-order valence-corrected chi connectivity index (χ3v) is 3.13. The summed E-state index contributed by atoms with van der Waals surface area (Å²) in [4.78, 5) is 4.35. The predicted molar refractivity (Wildman–Crippen MR) is 80.4 cm³/mol. The fourth-order valence-electron chi connectivity index (χ4n) is 2.26. The minimum absolute atomic E-state index is 0.318. The van der Waals surface area contributed by atoms with Crippen LogP contribution in [0.1, 0.15) is 19.8 Å². The molecular weight excluding hydrogens is 238 g/mol. The second-order valence-electron chi connectivity index (χ2n) is 4.72. The standard InChI is InChI=1S/C15H21N3O/c1-3-4-12(10-19-2)18-14-7-8-17-15-9-11(16)5-6-13(14)15/h5-9,12H,3-4,10,16H2,1-2H3,(H,17,18). The number of hydrogen-bond donors (Lipinski definition) is 2. The summed E-state index contributed by atoms with van der Waals surface area (Å²) in [5.74, 6) is 0. The number of rotatable bonds is 6. The fourth-order valence-corrected chi connectivity index (χ4v) is 2.26. The van der Waals surface area contributed by atoms with Crippen molar-refractivity contribution in [3.05, 3.63) is 30.5 Å². The lowest BCUT2D eigenvalue weighted by Crippen LogP contribution is -2.24. The van der Waals surface area contributed by atoms with E-state index < -0.39 is 0 Å². The van der Waals surface area contributed by atoms with Gasteiger partial charge in [-0.15, -0.1) is 0 Å². The minimum atomic E-state index is 0.318. The normalized spacial score (nSPS) is 12.5. The molecule has 0 aliphatic heterocycles. The summed E-state index contributed by atoms with van der Waals surface area (Å²) in [7, 11) is 1.73. The molecule has 2 aromatic rings. The Morgan fingerprint density at radius 3 is 2.95 bits per heavy atom. The van der Waals surface area contributed by atoms with Crippen molar-refractivity contribution in [3.63, 3.8) is 0 Å². The highest BCUT2D eigenvalue weighted by Gasteiger charge is 2.09. The van der Waals surface area contributed by atoms with Crippen LogP contribution in [0, 0.1) is 0 Å². The van der Waals surface area contributed by atoms with Gasteiger partial charge in [0.2, 0.25) is 0 Å². The van der Waals surface area contributed by atoms with Gasteiger partial charge in [0.15, 0.2) is 0 Å². The van der Waals surface area contributed by atoms with Gasteiger partial charge in [-0.1, -0.05) is 13.3 Å². The van der Waals surface area contributed by atoms with E-state index >= 15 is 0 Å². The van der Waals surface area contributed by atoms with Crippen LogP contribution < -0.4 is 11.1 Å². The van der Waals surface area contributed by atoms with Crippen LogP contribution in [-0.2, 0) is 4.74 Å². The van der Waals surface area contributed by atoms with Gasteiger partial charge in [0.1, 0.15) is 0 Å². The van der Waals surface area contributed by atoms with E-state index in [9.17, 15) is 0 Å². The lowest BCUT2D eigenvalue weighted by atomic mass is 10.1. The second-order valence-corrected chi connectivity index (χ2v) is 4.72.